The number of hydrogen-bond donors (Lipinski definition) is 1. The molecule has 3 rings (SSSR count). The molecule has 3 nitrogen and oxygen atoms in total. The Morgan fingerprint density at radius 2 is 1.86 bits per heavy atom. The van der Waals surface area contributed by atoms with E-state index in [1.54, 1.807) is 0 Å². The highest BCUT2D eigenvalue weighted by Crippen LogP contribution is 2.36. The largest absolute Gasteiger partial charge is 0.493 e. The minimum Gasteiger partial charge on any atom is -0.493 e. The molecule has 1 aliphatic rings. The van der Waals surface area contributed by atoms with Crippen LogP contribution in [0.25, 0.3) is 0 Å². The summed E-state index contributed by atoms with van der Waals surface area (Å²) < 4.78 is 11.6. The van der Waals surface area contributed by atoms with Crippen LogP contribution in [0.1, 0.15) is 31.9 Å². The van der Waals surface area contributed by atoms with Crippen LogP contribution in [0.3, 0.4) is 0 Å². The van der Waals surface area contributed by atoms with E-state index in [4.69, 9.17) is 9.47 Å². The van der Waals surface area contributed by atoms with Crippen molar-refractivity contribution < 1.29 is 9.47 Å². The number of para-hydroxylation sites is 3. The van der Waals surface area contributed by atoms with Crippen LogP contribution in [-0.4, -0.2) is 12.7 Å². The van der Waals surface area contributed by atoms with Gasteiger partial charge < -0.3 is 14.8 Å². The number of fused-ring (bicyclic) bond motifs is 1. The second kappa shape index (κ2) is 6.08. The van der Waals surface area contributed by atoms with Gasteiger partial charge in [-0.05, 0) is 32.0 Å². The minimum absolute atomic E-state index is 0.162. The summed E-state index contributed by atoms with van der Waals surface area (Å²) in [6.07, 6.45) is 1.11. The van der Waals surface area contributed by atoms with Crippen LogP contribution >= 0.6 is 0 Å². The third-order valence-corrected chi connectivity index (χ3v) is 3.54. The highest BCUT2D eigenvalue weighted by Gasteiger charge is 2.21. The zero-order chi connectivity index (χ0) is 14.7. The van der Waals surface area contributed by atoms with Gasteiger partial charge in [-0.15, -0.1) is 0 Å². The molecule has 0 aliphatic carbocycles. The number of ether oxygens (including phenoxy) is 2. The van der Waals surface area contributed by atoms with Crippen molar-refractivity contribution in [3.05, 3.63) is 54.1 Å². The molecule has 3 heteroatoms. The minimum atomic E-state index is 0.162. The smallest absolute Gasteiger partial charge is 0.142 e. The molecule has 110 valence electrons. The zero-order valence-electron chi connectivity index (χ0n) is 12.5. The quantitative estimate of drug-likeness (QED) is 0.901. The Hall–Kier alpha value is -2.16. The molecule has 0 radical (unpaired) electrons. The van der Waals surface area contributed by atoms with E-state index in [-0.39, 0.29) is 12.1 Å². The molecule has 1 heterocycles. The molecule has 1 aliphatic heterocycles. The molecule has 1 unspecified atom stereocenters. The highest BCUT2D eigenvalue weighted by molar-refractivity contribution is 5.58. The van der Waals surface area contributed by atoms with Gasteiger partial charge in [0.2, 0.25) is 0 Å². The van der Waals surface area contributed by atoms with Crippen molar-refractivity contribution in [2.24, 2.45) is 0 Å². The summed E-state index contributed by atoms with van der Waals surface area (Å²) in [7, 11) is 0. The van der Waals surface area contributed by atoms with E-state index in [2.05, 4.69) is 23.5 Å². The SMILES string of the molecule is CC(C)Oc1ccccc1NC1CCOc2ccccc21. The molecule has 2 aromatic rings. The summed E-state index contributed by atoms with van der Waals surface area (Å²) in [6.45, 7) is 4.82. The first-order valence-electron chi connectivity index (χ1n) is 7.48. The number of anilines is 1. The van der Waals surface area contributed by atoms with Gasteiger partial charge in [-0.2, -0.15) is 0 Å². The van der Waals surface area contributed by atoms with Gasteiger partial charge in [-0.3, -0.25) is 0 Å². The summed E-state index contributed by atoms with van der Waals surface area (Å²) in [6, 6.07) is 16.6. The second-order valence-corrected chi connectivity index (χ2v) is 5.53. The Bertz CT molecular complexity index is 610. The zero-order valence-corrected chi connectivity index (χ0v) is 12.5. The molecule has 0 amide bonds. The Morgan fingerprint density at radius 3 is 2.71 bits per heavy atom. The average Bonchev–Trinajstić information content (AvgIpc) is 2.49. The van der Waals surface area contributed by atoms with Crippen molar-refractivity contribution in [3.63, 3.8) is 0 Å². The van der Waals surface area contributed by atoms with E-state index < -0.39 is 0 Å². The molecular formula is C18H21NO2. The molecule has 21 heavy (non-hydrogen) atoms. The van der Waals surface area contributed by atoms with Crippen LogP contribution in [0.15, 0.2) is 48.5 Å². The molecular weight excluding hydrogens is 262 g/mol. The third kappa shape index (κ3) is 3.13. The predicted octanol–water partition coefficient (Wildman–Crippen LogP) is 4.41. The van der Waals surface area contributed by atoms with E-state index in [9.17, 15) is 0 Å². The maximum absolute atomic E-state index is 5.88. The molecule has 0 spiro atoms. The number of nitrogens with one attached hydrogen (secondary N) is 1. The summed E-state index contributed by atoms with van der Waals surface area (Å²) >= 11 is 0. The maximum atomic E-state index is 5.88. The molecule has 0 aromatic heterocycles. The molecule has 1 N–H and O–H groups in total. The number of rotatable bonds is 4. The van der Waals surface area contributed by atoms with Crippen molar-refractivity contribution >= 4 is 5.69 Å². The van der Waals surface area contributed by atoms with E-state index in [1.807, 2.05) is 44.2 Å². The lowest BCUT2D eigenvalue weighted by atomic mass is 10.0. The third-order valence-electron chi connectivity index (χ3n) is 3.54. The van der Waals surface area contributed by atoms with Gasteiger partial charge in [0.15, 0.2) is 0 Å². The van der Waals surface area contributed by atoms with Gasteiger partial charge in [0.25, 0.3) is 0 Å². The first-order chi connectivity index (χ1) is 10.2. The van der Waals surface area contributed by atoms with E-state index >= 15 is 0 Å². The first kappa shape index (κ1) is 13.8. The predicted molar refractivity (Wildman–Crippen MR) is 85.1 cm³/mol. The summed E-state index contributed by atoms with van der Waals surface area (Å²) in [5, 5.41) is 3.61. The fraction of sp³-hybridized carbons (Fsp3) is 0.333. The van der Waals surface area contributed by atoms with Crippen LogP contribution in [0.5, 0.6) is 11.5 Å². The molecule has 0 saturated carbocycles. The van der Waals surface area contributed by atoms with Crippen molar-refractivity contribution in [1.82, 2.24) is 0 Å². The van der Waals surface area contributed by atoms with Crippen molar-refractivity contribution in [1.29, 1.82) is 0 Å². The van der Waals surface area contributed by atoms with Gasteiger partial charge in [-0.25, -0.2) is 0 Å². The van der Waals surface area contributed by atoms with Crippen molar-refractivity contribution in [2.45, 2.75) is 32.4 Å². The first-order valence-corrected chi connectivity index (χ1v) is 7.48. The van der Waals surface area contributed by atoms with E-state index in [0.29, 0.717) is 0 Å². The molecule has 0 bridgehead atoms. The maximum Gasteiger partial charge on any atom is 0.142 e. The fourth-order valence-electron chi connectivity index (χ4n) is 2.62. The highest BCUT2D eigenvalue weighted by atomic mass is 16.5. The van der Waals surface area contributed by atoms with Gasteiger partial charge in [0, 0.05) is 12.0 Å². The van der Waals surface area contributed by atoms with Gasteiger partial charge in [0.05, 0.1) is 24.4 Å². The van der Waals surface area contributed by atoms with E-state index in [0.717, 1.165) is 30.2 Å². The molecule has 1 atom stereocenters. The standard InChI is InChI=1S/C18H21NO2/c1-13(2)21-18-10-6-4-8-16(18)19-15-11-12-20-17-9-5-3-7-14(15)17/h3-10,13,15,19H,11-12H2,1-2H3. The summed E-state index contributed by atoms with van der Waals surface area (Å²) in [5.74, 6) is 1.87. The van der Waals surface area contributed by atoms with Gasteiger partial charge in [0.1, 0.15) is 11.5 Å². The Labute approximate surface area is 125 Å². The molecule has 0 fully saturated rings. The van der Waals surface area contributed by atoms with Crippen LogP contribution in [0.2, 0.25) is 0 Å². The lowest BCUT2D eigenvalue weighted by molar-refractivity contribution is 0.242. The van der Waals surface area contributed by atoms with Gasteiger partial charge >= 0.3 is 0 Å². The summed E-state index contributed by atoms with van der Waals surface area (Å²) in [4.78, 5) is 0. The van der Waals surface area contributed by atoms with Crippen LogP contribution < -0.4 is 14.8 Å². The normalized spacial score (nSPS) is 17.0. The Kier molecular flexibility index (Phi) is 4.00. The molecule has 0 saturated heterocycles. The number of hydrogen-bond acceptors (Lipinski definition) is 3. The second-order valence-electron chi connectivity index (χ2n) is 5.53. The lowest BCUT2D eigenvalue weighted by Crippen LogP contribution is -2.20. The summed E-state index contributed by atoms with van der Waals surface area (Å²) in [5.41, 5.74) is 2.25. The van der Waals surface area contributed by atoms with Crippen molar-refractivity contribution in [2.75, 3.05) is 11.9 Å². The van der Waals surface area contributed by atoms with Crippen molar-refractivity contribution in [3.8, 4) is 11.5 Å². The molecule has 2 aromatic carbocycles. The topological polar surface area (TPSA) is 30.5 Å². The van der Waals surface area contributed by atoms with E-state index in [1.165, 1.54) is 5.56 Å². The average molecular weight is 283 g/mol. The lowest BCUT2D eigenvalue weighted by Gasteiger charge is -2.28. The van der Waals surface area contributed by atoms with Crippen LogP contribution in [0.4, 0.5) is 5.69 Å². The Balaban J connectivity index is 1.85. The fourth-order valence-corrected chi connectivity index (χ4v) is 2.62. The van der Waals surface area contributed by atoms with Crippen LogP contribution in [0, 0.1) is 0 Å². The number of benzene rings is 2. The monoisotopic (exact) mass is 283 g/mol. The van der Waals surface area contributed by atoms with Crippen LogP contribution in [-0.2, 0) is 0 Å². The Morgan fingerprint density at radius 1 is 1.10 bits per heavy atom. The van der Waals surface area contributed by atoms with Gasteiger partial charge in [-0.1, -0.05) is 30.3 Å².